The lowest BCUT2D eigenvalue weighted by Crippen LogP contribution is -2.36. The molecular weight excluding hydrogens is 537 g/mol. The van der Waals surface area contributed by atoms with E-state index in [9.17, 15) is 26.0 Å². The van der Waals surface area contributed by atoms with Crippen LogP contribution in [0.1, 0.15) is 12.8 Å². The van der Waals surface area contributed by atoms with E-state index >= 15 is 0 Å². The molecule has 3 aromatic rings. The summed E-state index contributed by atoms with van der Waals surface area (Å²) in [7, 11) is -3.28. The zero-order valence-electron chi connectivity index (χ0n) is 19.5. The van der Waals surface area contributed by atoms with Crippen LogP contribution in [0.4, 0.5) is 9.52 Å². The Morgan fingerprint density at radius 1 is 1.00 bits per heavy atom. The van der Waals surface area contributed by atoms with Gasteiger partial charge in [0.05, 0.1) is 25.8 Å². The Labute approximate surface area is 215 Å². The lowest BCUT2D eigenvalue weighted by atomic mass is 10.3. The van der Waals surface area contributed by atoms with Crippen molar-refractivity contribution < 1.29 is 26.0 Å². The maximum absolute atomic E-state index is 13.1. The summed E-state index contributed by atoms with van der Waals surface area (Å²) < 4.78 is 62.5. The van der Waals surface area contributed by atoms with Crippen LogP contribution in [0.2, 0.25) is 0 Å². The van der Waals surface area contributed by atoms with Gasteiger partial charge in [-0.05, 0) is 63.0 Å². The van der Waals surface area contributed by atoms with Crippen molar-refractivity contribution in [1.29, 1.82) is 0 Å². The number of anilines is 1. The van der Waals surface area contributed by atoms with Gasteiger partial charge >= 0.3 is 0 Å². The number of nitrogens with zero attached hydrogens (tertiary/aromatic N) is 3. The van der Waals surface area contributed by atoms with Gasteiger partial charge in [0.2, 0.25) is 5.91 Å². The fourth-order valence-corrected chi connectivity index (χ4v) is 6.25. The van der Waals surface area contributed by atoms with E-state index in [2.05, 4.69) is 4.98 Å². The molecule has 0 aliphatic heterocycles. The number of sulfone groups is 2. The van der Waals surface area contributed by atoms with Gasteiger partial charge in [-0.25, -0.2) is 26.2 Å². The van der Waals surface area contributed by atoms with Crippen molar-refractivity contribution in [1.82, 2.24) is 9.88 Å². The molecule has 0 aliphatic carbocycles. The third kappa shape index (κ3) is 7.68. The van der Waals surface area contributed by atoms with Gasteiger partial charge in [0.15, 0.2) is 24.8 Å². The van der Waals surface area contributed by atoms with Crippen LogP contribution in [-0.4, -0.2) is 71.8 Å². The highest BCUT2D eigenvalue weighted by molar-refractivity contribution is 7.91. The van der Waals surface area contributed by atoms with E-state index in [4.69, 9.17) is 0 Å². The quantitative estimate of drug-likeness (QED) is 0.348. The van der Waals surface area contributed by atoms with Crippen LogP contribution in [0.5, 0.6) is 0 Å². The molecule has 1 amide bonds. The van der Waals surface area contributed by atoms with Crippen LogP contribution in [-0.2, 0) is 24.5 Å². The molecular formula is C22H27ClFN3O5S3. The number of thiazole rings is 1. The van der Waals surface area contributed by atoms with Crippen LogP contribution < -0.4 is 4.90 Å². The van der Waals surface area contributed by atoms with Crippen LogP contribution in [0.3, 0.4) is 0 Å². The van der Waals surface area contributed by atoms with Gasteiger partial charge in [0.25, 0.3) is 0 Å². The lowest BCUT2D eigenvalue weighted by Gasteiger charge is -2.22. The van der Waals surface area contributed by atoms with Gasteiger partial charge in [-0.3, -0.25) is 9.69 Å². The average molecular weight is 564 g/mol. The normalized spacial score (nSPS) is 12.0. The van der Waals surface area contributed by atoms with Gasteiger partial charge < -0.3 is 4.90 Å². The SMILES string of the molecule is CN(C)CCN(C(=O)CCCS(=O)(=O)c1ccc(F)cc1)c1nc2ccc(S(C)(=O)=O)cc2s1.Cl. The fourth-order valence-electron chi connectivity index (χ4n) is 3.17. The Balaban J connectivity index is 0.00000432. The molecule has 0 radical (unpaired) electrons. The summed E-state index contributed by atoms with van der Waals surface area (Å²) in [5, 5.41) is 0.425. The predicted molar refractivity (Wildman–Crippen MR) is 139 cm³/mol. The number of rotatable bonds is 10. The van der Waals surface area contributed by atoms with E-state index in [1.165, 1.54) is 40.5 Å². The van der Waals surface area contributed by atoms with Crippen molar-refractivity contribution >= 4 is 64.7 Å². The number of likely N-dealkylation sites (N-methyl/N-ethyl adjacent to an activating group) is 1. The highest BCUT2D eigenvalue weighted by Crippen LogP contribution is 2.31. The standard InChI is InChI=1S/C22H26FN3O5S3.ClH/c1-25(2)12-13-26(22-24-19-11-10-18(33(3,28)29)15-20(19)32-22)21(27)5-4-14-34(30,31)17-8-6-16(23)7-9-17;/h6-11,15H,4-5,12-14H2,1-3H3;1H. The second kappa shape index (κ2) is 11.7. The summed E-state index contributed by atoms with van der Waals surface area (Å²) in [6, 6.07) is 9.22. The number of hydrogen-bond donors (Lipinski definition) is 0. The molecule has 0 spiro atoms. The van der Waals surface area contributed by atoms with Gasteiger partial charge in [-0.1, -0.05) is 11.3 Å². The topological polar surface area (TPSA) is 105 Å². The lowest BCUT2D eigenvalue weighted by molar-refractivity contribution is -0.118. The summed E-state index contributed by atoms with van der Waals surface area (Å²) in [5.74, 6) is -1.05. The number of fused-ring (bicyclic) bond motifs is 1. The van der Waals surface area contributed by atoms with E-state index in [-0.39, 0.29) is 46.7 Å². The minimum atomic E-state index is -3.64. The van der Waals surface area contributed by atoms with Crippen molar-refractivity contribution in [3.8, 4) is 0 Å². The molecule has 8 nitrogen and oxygen atoms in total. The molecule has 1 aromatic heterocycles. The number of carbonyl (C=O) groups is 1. The Hall–Kier alpha value is -2.12. The number of aromatic nitrogens is 1. The molecule has 0 bridgehead atoms. The first-order valence-electron chi connectivity index (χ1n) is 10.4. The molecule has 0 aliphatic rings. The van der Waals surface area contributed by atoms with Gasteiger partial charge in [-0.15, -0.1) is 12.4 Å². The second-order valence-corrected chi connectivity index (χ2v) is 13.3. The predicted octanol–water partition coefficient (Wildman–Crippen LogP) is 3.41. The monoisotopic (exact) mass is 563 g/mol. The number of amides is 1. The van der Waals surface area contributed by atoms with Crippen molar-refractivity contribution in [2.75, 3.05) is 44.1 Å². The Morgan fingerprint density at radius 3 is 2.23 bits per heavy atom. The average Bonchev–Trinajstić information content (AvgIpc) is 3.16. The number of benzene rings is 2. The molecule has 2 aromatic carbocycles. The number of hydrogen-bond acceptors (Lipinski definition) is 8. The third-order valence-electron chi connectivity index (χ3n) is 5.06. The zero-order valence-corrected chi connectivity index (χ0v) is 22.7. The zero-order chi connectivity index (χ0) is 25.1. The van der Waals surface area contributed by atoms with Crippen LogP contribution >= 0.6 is 23.7 Å². The maximum atomic E-state index is 13.1. The van der Waals surface area contributed by atoms with Crippen molar-refractivity contribution in [3.63, 3.8) is 0 Å². The Morgan fingerprint density at radius 2 is 1.63 bits per heavy atom. The summed E-state index contributed by atoms with van der Waals surface area (Å²) in [5.41, 5.74) is 0.578. The molecule has 35 heavy (non-hydrogen) atoms. The van der Waals surface area contributed by atoms with Crippen LogP contribution in [0.25, 0.3) is 10.2 Å². The molecule has 0 saturated carbocycles. The third-order valence-corrected chi connectivity index (χ3v) is 9.02. The van der Waals surface area contributed by atoms with Gasteiger partial charge in [0, 0.05) is 25.8 Å². The molecule has 3 rings (SSSR count). The van der Waals surface area contributed by atoms with E-state index in [1.807, 2.05) is 19.0 Å². The first kappa shape index (κ1) is 29.1. The van der Waals surface area contributed by atoms with E-state index in [0.29, 0.717) is 28.4 Å². The van der Waals surface area contributed by atoms with Gasteiger partial charge in [0.1, 0.15) is 5.82 Å². The molecule has 0 unspecified atom stereocenters. The van der Waals surface area contributed by atoms with Crippen LogP contribution in [0.15, 0.2) is 52.3 Å². The summed E-state index contributed by atoms with van der Waals surface area (Å²) in [4.78, 5) is 21.2. The molecule has 0 N–H and O–H groups in total. The van der Waals surface area contributed by atoms with E-state index in [1.54, 1.807) is 6.07 Å². The smallest absolute Gasteiger partial charge is 0.228 e. The summed E-state index contributed by atoms with van der Waals surface area (Å²) in [6.07, 6.45) is 1.21. The molecule has 13 heteroatoms. The van der Waals surface area contributed by atoms with E-state index < -0.39 is 25.5 Å². The molecule has 0 saturated heterocycles. The first-order chi connectivity index (χ1) is 15.9. The number of carbonyl (C=O) groups excluding carboxylic acids is 1. The van der Waals surface area contributed by atoms with Crippen molar-refractivity contribution in [2.24, 2.45) is 0 Å². The van der Waals surface area contributed by atoms with E-state index in [0.717, 1.165) is 18.4 Å². The summed E-state index contributed by atoms with van der Waals surface area (Å²) in [6.45, 7) is 0.902. The molecule has 1 heterocycles. The largest absolute Gasteiger partial charge is 0.308 e. The highest BCUT2D eigenvalue weighted by Gasteiger charge is 2.22. The van der Waals surface area contributed by atoms with Gasteiger partial charge in [-0.2, -0.15) is 0 Å². The minimum Gasteiger partial charge on any atom is -0.308 e. The molecule has 0 fully saturated rings. The Kier molecular flexibility index (Phi) is 9.77. The first-order valence-corrected chi connectivity index (χ1v) is 14.8. The number of halogens is 2. The molecule has 192 valence electrons. The van der Waals surface area contributed by atoms with Crippen LogP contribution in [0, 0.1) is 5.82 Å². The minimum absolute atomic E-state index is 0. The Bertz CT molecular complexity index is 1390. The fraction of sp³-hybridized carbons (Fsp3) is 0.364. The molecule has 0 atom stereocenters. The van der Waals surface area contributed by atoms with Crippen molar-refractivity contribution in [2.45, 2.75) is 22.6 Å². The van der Waals surface area contributed by atoms with Crippen molar-refractivity contribution in [3.05, 3.63) is 48.3 Å². The highest BCUT2D eigenvalue weighted by atomic mass is 35.5. The summed E-state index contributed by atoms with van der Waals surface area (Å²) >= 11 is 1.21. The second-order valence-electron chi connectivity index (χ2n) is 8.12. The maximum Gasteiger partial charge on any atom is 0.228 e.